The van der Waals surface area contributed by atoms with Gasteiger partial charge in [-0.1, -0.05) is 17.7 Å². The summed E-state index contributed by atoms with van der Waals surface area (Å²) in [4.78, 5) is 47.9. The average Bonchev–Trinajstić information content (AvgIpc) is 3.76. The number of amides is 3. The largest absolute Gasteiger partial charge is 0.339 e. The number of fused-ring (bicyclic) bond motifs is 1. The normalized spacial score (nSPS) is 18.6. The number of halogens is 1. The minimum Gasteiger partial charge on any atom is -0.339 e. The number of rotatable bonds is 5. The van der Waals surface area contributed by atoms with Gasteiger partial charge in [0.25, 0.3) is 11.8 Å². The first-order valence-corrected chi connectivity index (χ1v) is 14.7. The lowest BCUT2D eigenvalue weighted by molar-refractivity contribution is -0.134. The van der Waals surface area contributed by atoms with E-state index in [1.54, 1.807) is 0 Å². The second-order valence-corrected chi connectivity index (χ2v) is 11.9. The van der Waals surface area contributed by atoms with Crippen LogP contribution < -0.4 is 0 Å². The van der Waals surface area contributed by atoms with E-state index >= 15 is 0 Å². The number of benzene rings is 2. The first-order chi connectivity index (χ1) is 19.3. The van der Waals surface area contributed by atoms with Gasteiger partial charge in [-0.05, 0) is 69.2 Å². The van der Waals surface area contributed by atoms with Gasteiger partial charge in [0.05, 0.1) is 5.52 Å². The summed E-state index contributed by atoms with van der Waals surface area (Å²) in [6, 6.07) is 15.5. The van der Waals surface area contributed by atoms with Gasteiger partial charge in [-0.25, -0.2) is 0 Å². The van der Waals surface area contributed by atoms with Crippen molar-refractivity contribution in [3.8, 4) is 5.69 Å². The molecule has 2 aliphatic heterocycles. The molecule has 210 valence electrons. The highest BCUT2D eigenvalue weighted by Crippen LogP contribution is 2.32. The highest BCUT2D eigenvalue weighted by Gasteiger charge is 2.36. The third-order valence-corrected chi connectivity index (χ3v) is 8.71. The van der Waals surface area contributed by atoms with Gasteiger partial charge in [0.1, 0.15) is 5.69 Å². The summed E-state index contributed by atoms with van der Waals surface area (Å²) in [6.07, 6.45) is 1.96. The molecule has 0 N–H and O–H groups in total. The SMILES string of the molecule is CC(C)N1CCN(C(=O)c2ccc3c(c2)cc(C(=O)N2CCN(C(=O)C4CC4)CC2)n3-c2cccc(Cl)c2)CC1. The number of hydrogen-bond donors (Lipinski definition) is 0. The first kappa shape index (κ1) is 26.8. The zero-order valence-electron chi connectivity index (χ0n) is 23.2. The Labute approximate surface area is 240 Å². The molecule has 1 saturated carbocycles. The Kier molecular flexibility index (Phi) is 7.31. The van der Waals surface area contributed by atoms with Crippen LogP contribution >= 0.6 is 11.6 Å². The van der Waals surface area contributed by atoms with Gasteiger partial charge < -0.3 is 19.3 Å². The number of carbonyl (C=O) groups excluding carboxylic acids is 3. The van der Waals surface area contributed by atoms with E-state index in [0.29, 0.717) is 61.6 Å². The molecule has 0 radical (unpaired) electrons. The van der Waals surface area contributed by atoms with Crippen molar-refractivity contribution in [2.75, 3.05) is 52.4 Å². The summed E-state index contributed by atoms with van der Waals surface area (Å²) in [5.41, 5.74) is 2.78. The Balaban J connectivity index is 1.29. The molecule has 3 heterocycles. The Morgan fingerprint density at radius 1 is 0.775 bits per heavy atom. The number of aromatic nitrogens is 1. The molecule has 3 aliphatic rings. The number of hydrogen-bond acceptors (Lipinski definition) is 4. The Morgan fingerprint density at radius 2 is 1.43 bits per heavy atom. The van der Waals surface area contributed by atoms with E-state index in [1.165, 1.54) is 0 Å². The Morgan fingerprint density at radius 3 is 2.08 bits per heavy atom. The van der Waals surface area contributed by atoms with Crippen molar-refractivity contribution in [3.05, 3.63) is 64.8 Å². The summed E-state index contributed by atoms with van der Waals surface area (Å²) in [7, 11) is 0. The zero-order valence-corrected chi connectivity index (χ0v) is 23.9. The molecule has 0 bridgehead atoms. The van der Waals surface area contributed by atoms with Crippen molar-refractivity contribution < 1.29 is 14.4 Å². The summed E-state index contributed by atoms with van der Waals surface area (Å²) >= 11 is 6.35. The quantitative estimate of drug-likeness (QED) is 0.469. The van der Waals surface area contributed by atoms with E-state index in [0.717, 1.165) is 42.5 Å². The minimum atomic E-state index is -0.0904. The van der Waals surface area contributed by atoms with Gasteiger partial charge in [-0.2, -0.15) is 0 Å². The molecule has 40 heavy (non-hydrogen) atoms. The molecular formula is C31H36ClN5O3. The molecule has 0 spiro atoms. The van der Waals surface area contributed by atoms with Gasteiger partial charge in [0, 0.05) is 86.0 Å². The third kappa shape index (κ3) is 5.22. The molecule has 3 aromatic rings. The van der Waals surface area contributed by atoms with Crippen LogP contribution in [-0.2, 0) is 4.79 Å². The van der Waals surface area contributed by atoms with Crippen molar-refractivity contribution in [2.24, 2.45) is 5.92 Å². The molecular weight excluding hydrogens is 526 g/mol. The van der Waals surface area contributed by atoms with Crippen molar-refractivity contribution >= 4 is 40.2 Å². The van der Waals surface area contributed by atoms with E-state index < -0.39 is 0 Å². The third-order valence-electron chi connectivity index (χ3n) is 8.47. The van der Waals surface area contributed by atoms with Crippen LogP contribution in [0.25, 0.3) is 16.6 Å². The van der Waals surface area contributed by atoms with Gasteiger partial charge >= 0.3 is 0 Å². The fraction of sp³-hybridized carbons (Fsp3) is 0.452. The fourth-order valence-electron chi connectivity index (χ4n) is 5.90. The lowest BCUT2D eigenvalue weighted by Crippen LogP contribution is -2.51. The van der Waals surface area contributed by atoms with E-state index in [1.807, 2.05) is 67.8 Å². The topological polar surface area (TPSA) is 69.1 Å². The van der Waals surface area contributed by atoms with E-state index in [2.05, 4.69) is 18.7 Å². The molecule has 8 nitrogen and oxygen atoms in total. The van der Waals surface area contributed by atoms with Crippen LogP contribution in [-0.4, -0.2) is 100 Å². The maximum atomic E-state index is 13.9. The van der Waals surface area contributed by atoms with E-state index in [-0.39, 0.29) is 23.6 Å². The standard InChI is InChI=1S/C31H36ClN5O3/c1-21(2)33-10-12-35(13-11-33)30(39)23-8-9-27-24(18-23)19-28(37(27)26-5-3-4-25(32)20-26)31(40)36-16-14-34(15-17-36)29(38)22-6-7-22/h3-5,8-9,18-22H,6-7,10-17H2,1-2H3. The highest BCUT2D eigenvalue weighted by molar-refractivity contribution is 6.30. The highest BCUT2D eigenvalue weighted by atomic mass is 35.5. The van der Waals surface area contributed by atoms with E-state index in [9.17, 15) is 14.4 Å². The van der Waals surface area contributed by atoms with Crippen molar-refractivity contribution in [1.29, 1.82) is 0 Å². The van der Waals surface area contributed by atoms with Gasteiger partial charge in [0.15, 0.2) is 0 Å². The van der Waals surface area contributed by atoms with Crippen LogP contribution in [0.3, 0.4) is 0 Å². The maximum absolute atomic E-state index is 13.9. The summed E-state index contributed by atoms with van der Waals surface area (Å²) in [5.74, 6) is 0.337. The molecule has 9 heteroatoms. The summed E-state index contributed by atoms with van der Waals surface area (Å²) < 4.78 is 1.93. The predicted octanol–water partition coefficient (Wildman–Crippen LogP) is 4.14. The lowest BCUT2D eigenvalue weighted by atomic mass is 10.1. The second-order valence-electron chi connectivity index (χ2n) is 11.4. The molecule has 0 atom stereocenters. The smallest absolute Gasteiger partial charge is 0.270 e. The van der Waals surface area contributed by atoms with Crippen LogP contribution in [0.2, 0.25) is 5.02 Å². The molecule has 6 rings (SSSR count). The summed E-state index contributed by atoms with van der Waals surface area (Å²) in [6.45, 7) is 9.63. The number of nitrogens with zero attached hydrogens (tertiary/aromatic N) is 5. The predicted molar refractivity (Wildman–Crippen MR) is 156 cm³/mol. The summed E-state index contributed by atoms with van der Waals surface area (Å²) in [5, 5.41) is 1.41. The van der Waals surface area contributed by atoms with Crippen molar-refractivity contribution in [2.45, 2.75) is 32.7 Å². The lowest BCUT2D eigenvalue weighted by Gasteiger charge is -2.37. The van der Waals surface area contributed by atoms with Crippen LogP contribution in [0.1, 0.15) is 47.5 Å². The van der Waals surface area contributed by atoms with E-state index in [4.69, 9.17) is 11.6 Å². The monoisotopic (exact) mass is 561 g/mol. The van der Waals surface area contributed by atoms with Crippen LogP contribution in [0, 0.1) is 5.92 Å². The molecule has 1 aromatic heterocycles. The zero-order chi connectivity index (χ0) is 28.0. The average molecular weight is 562 g/mol. The van der Waals surface area contributed by atoms with Gasteiger partial charge in [0.2, 0.25) is 5.91 Å². The Hall–Kier alpha value is -3.36. The fourth-order valence-corrected chi connectivity index (χ4v) is 6.09. The van der Waals surface area contributed by atoms with Gasteiger partial charge in [-0.15, -0.1) is 0 Å². The molecule has 3 amide bonds. The molecule has 2 aromatic carbocycles. The van der Waals surface area contributed by atoms with Crippen LogP contribution in [0.15, 0.2) is 48.5 Å². The van der Waals surface area contributed by atoms with Crippen LogP contribution in [0.5, 0.6) is 0 Å². The molecule has 3 fully saturated rings. The second kappa shape index (κ2) is 10.9. The van der Waals surface area contributed by atoms with Crippen molar-refractivity contribution in [1.82, 2.24) is 24.2 Å². The maximum Gasteiger partial charge on any atom is 0.270 e. The molecule has 2 saturated heterocycles. The molecule has 0 unspecified atom stereocenters. The Bertz CT molecular complexity index is 1450. The van der Waals surface area contributed by atoms with Crippen LogP contribution in [0.4, 0.5) is 0 Å². The van der Waals surface area contributed by atoms with Crippen molar-refractivity contribution in [3.63, 3.8) is 0 Å². The number of carbonyl (C=O) groups is 3. The van der Waals surface area contributed by atoms with Gasteiger partial charge in [-0.3, -0.25) is 19.3 Å². The molecule has 1 aliphatic carbocycles. The minimum absolute atomic E-state index is 0.0186. The number of piperazine rings is 2. The first-order valence-electron chi connectivity index (χ1n) is 14.3.